The third-order valence-corrected chi connectivity index (χ3v) is 2.85. The molecule has 2 rings (SSSR count). The second-order valence-corrected chi connectivity index (χ2v) is 4.51. The Labute approximate surface area is 125 Å². The standard InChI is InChI=1S/C14H15N3O5/c1-2-22-10-5-3-9(4-6-10)7-11-13(20)15-14(21)17(16-11)8-12(18)19/h3-6H,2,7-8H2,1H3,(H,18,19)(H,15,20,21). The van der Waals surface area contributed by atoms with E-state index in [-0.39, 0.29) is 12.1 Å². The van der Waals surface area contributed by atoms with Crippen molar-refractivity contribution in [1.82, 2.24) is 14.8 Å². The van der Waals surface area contributed by atoms with Gasteiger partial charge < -0.3 is 9.84 Å². The van der Waals surface area contributed by atoms with Gasteiger partial charge in [-0.05, 0) is 24.6 Å². The van der Waals surface area contributed by atoms with Crippen LogP contribution < -0.4 is 16.0 Å². The molecule has 2 aromatic rings. The average Bonchev–Trinajstić information content (AvgIpc) is 2.46. The van der Waals surface area contributed by atoms with E-state index in [1.165, 1.54) is 0 Å². The summed E-state index contributed by atoms with van der Waals surface area (Å²) >= 11 is 0. The Morgan fingerprint density at radius 1 is 1.32 bits per heavy atom. The summed E-state index contributed by atoms with van der Waals surface area (Å²) in [6, 6.07) is 7.08. The van der Waals surface area contributed by atoms with Crippen LogP contribution in [0.4, 0.5) is 0 Å². The van der Waals surface area contributed by atoms with Crippen LogP contribution in [0.25, 0.3) is 0 Å². The number of nitrogens with zero attached hydrogens (tertiary/aromatic N) is 2. The fourth-order valence-corrected chi connectivity index (χ4v) is 1.88. The van der Waals surface area contributed by atoms with Crippen molar-refractivity contribution < 1.29 is 14.6 Å². The Bertz CT molecular complexity index is 776. The van der Waals surface area contributed by atoms with Crippen molar-refractivity contribution in [3.8, 4) is 5.75 Å². The van der Waals surface area contributed by atoms with Gasteiger partial charge in [-0.2, -0.15) is 5.10 Å². The van der Waals surface area contributed by atoms with Crippen LogP contribution in [0.5, 0.6) is 5.75 Å². The zero-order valence-electron chi connectivity index (χ0n) is 11.9. The van der Waals surface area contributed by atoms with E-state index in [4.69, 9.17) is 9.84 Å². The second kappa shape index (κ2) is 6.70. The Morgan fingerprint density at radius 2 is 2.00 bits per heavy atom. The Kier molecular flexibility index (Phi) is 4.72. The lowest BCUT2D eigenvalue weighted by atomic mass is 10.1. The molecule has 116 valence electrons. The van der Waals surface area contributed by atoms with Crippen molar-refractivity contribution in [3.05, 3.63) is 56.4 Å². The van der Waals surface area contributed by atoms with Crippen LogP contribution in [0.15, 0.2) is 33.9 Å². The number of hydrogen-bond donors (Lipinski definition) is 2. The highest BCUT2D eigenvalue weighted by atomic mass is 16.5. The minimum absolute atomic E-state index is 0.0741. The van der Waals surface area contributed by atoms with Crippen molar-refractivity contribution in [1.29, 1.82) is 0 Å². The molecular weight excluding hydrogens is 290 g/mol. The molecule has 0 aliphatic rings. The van der Waals surface area contributed by atoms with Gasteiger partial charge in [-0.3, -0.25) is 14.6 Å². The minimum Gasteiger partial charge on any atom is -0.494 e. The van der Waals surface area contributed by atoms with E-state index in [0.29, 0.717) is 17.0 Å². The van der Waals surface area contributed by atoms with Gasteiger partial charge in [0.15, 0.2) is 0 Å². The zero-order chi connectivity index (χ0) is 16.1. The van der Waals surface area contributed by atoms with Crippen molar-refractivity contribution >= 4 is 5.97 Å². The number of hydrogen-bond acceptors (Lipinski definition) is 5. The van der Waals surface area contributed by atoms with Crippen LogP contribution >= 0.6 is 0 Å². The van der Waals surface area contributed by atoms with Crippen LogP contribution in [-0.2, 0) is 17.8 Å². The summed E-state index contributed by atoms with van der Waals surface area (Å²) in [5, 5.41) is 12.5. The molecule has 0 aliphatic carbocycles. The first-order valence-electron chi connectivity index (χ1n) is 6.63. The molecular formula is C14H15N3O5. The molecule has 0 bridgehead atoms. The number of carbonyl (C=O) groups is 1. The summed E-state index contributed by atoms with van der Waals surface area (Å²) in [6.45, 7) is 1.83. The van der Waals surface area contributed by atoms with Gasteiger partial charge in [-0.1, -0.05) is 12.1 Å². The molecule has 0 saturated heterocycles. The van der Waals surface area contributed by atoms with Gasteiger partial charge >= 0.3 is 11.7 Å². The van der Waals surface area contributed by atoms with Crippen molar-refractivity contribution in [2.75, 3.05) is 6.61 Å². The molecule has 0 spiro atoms. The largest absolute Gasteiger partial charge is 0.494 e. The first-order chi connectivity index (χ1) is 10.5. The number of benzene rings is 1. The van der Waals surface area contributed by atoms with Crippen LogP contribution in [0.3, 0.4) is 0 Å². The molecule has 0 saturated carbocycles. The van der Waals surface area contributed by atoms with Gasteiger partial charge in [0, 0.05) is 6.42 Å². The molecule has 8 nitrogen and oxygen atoms in total. The van der Waals surface area contributed by atoms with Gasteiger partial charge in [-0.15, -0.1) is 0 Å². The highest BCUT2D eigenvalue weighted by molar-refractivity contribution is 5.66. The molecule has 0 radical (unpaired) electrons. The quantitative estimate of drug-likeness (QED) is 0.776. The molecule has 1 heterocycles. The number of ether oxygens (including phenoxy) is 1. The second-order valence-electron chi connectivity index (χ2n) is 4.51. The molecule has 0 unspecified atom stereocenters. The van der Waals surface area contributed by atoms with E-state index in [9.17, 15) is 14.4 Å². The summed E-state index contributed by atoms with van der Waals surface area (Å²) in [6.07, 6.45) is 0.182. The molecule has 22 heavy (non-hydrogen) atoms. The van der Waals surface area contributed by atoms with Gasteiger partial charge in [0.25, 0.3) is 5.56 Å². The van der Waals surface area contributed by atoms with Crippen LogP contribution in [-0.4, -0.2) is 32.4 Å². The third kappa shape index (κ3) is 3.81. The number of rotatable bonds is 6. The highest BCUT2D eigenvalue weighted by Crippen LogP contribution is 2.13. The Morgan fingerprint density at radius 3 is 2.59 bits per heavy atom. The van der Waals surface area contributed by atoms with Gasteiger partial charge in [0.1, 0.15) is 18.0 Å². The number of aromatic nitrogens is 3. The van der Waals surface area contributed by atoms with Crippen LogP contribution in [0.1, 0.15) is 18.2 Å². The van der Waals surface area contributed by atoms with E-state index < -0.39 is 23.8 Å². The molecule has 1 aromatic heterocycles. The van der Waals surface area contributed by atoms with E-state index >= 15 is 0 Å². The predicted molar refractivity (Wildman–Crippen MR) is 77.2 cm³/mol. The SMILES string of the molecule is CCOc1ccc(Cc2nn(CC(=O)O)c(=O)[nH]c2=O)cc1. The zero-order valence-corrected chi connectivity index (χ0v) is 11.9. The smallest absolute Gasteiger partial charge is 0.345 e. The molecule has 1 aromatic carbocycles. The molecule has 2 N–H and O–H groups in total. The predicted octanol–water partition coefficient (Wildman–Crippen LogP) is 0.00570. The average molecular weight is 305 g/mol. The topological polar surface area (TPSA) is 114 Å². The van der Waals surface area contributed by atoms with E-state index in [1.54, 1.807) is 24.3 Å². The molecule has 0 atom stereocenters. The maximum atomic E-state index is 11.7. The van der Waals surface area contributed by atoms with E-state index in [1.807, 2.05) is 6.92 Å². The number of nitrogens with one attached hydrogen (secondary N) is 1. The minimum atomic E-state index is -1.21. The first kappa shape index (κ1) is 15.5. The molecule has 8 heteroatoms. The number of carboxylic acid groups (broad SMARTS) is 1. The molecule has 0 amide bonds. The molecule has 0 fully saturated rings. The maximum Gasteiger partial charge on any atom is 0.345 e. The Hall–Kier alpha value is -2.90. The van der Waals surface area contributed by atoms with Crippen molar-refractivity contribution in [2.24, 2.45) is 0 Å². The van der Waals surface area contributed by atoms with Crippen molar-refractivity contribution in [3.63, 3.8) is 0 Å². The first-order valence-corrected chi connectivity index (χ1v) is 6.63. The normalized spacial score (nSPS) is 10.4. The number of carboxylic acids is 1. The van der Waals surface area contributed by atoms with E-state index in [0.717, 1.165) is 5.56 Å². The lowest BCUT2D eigenvalue weighted by Crippen LogP contribution is -2.36. The fraction of sp³-hybridized carbons (Fsp3) is 0.286. The lowest BCUT2D eigenvalue weighted by molar-refractivity contribution is -0.138. The summed E-state index contributed by atoms with van der Waals surface area (Å²) in [5.41, 5.74) is -0.602. The highest BCUT2D eigenvalue weighted by Gasteiger charge is 2.10. The summed E-state index contributed by atoms with van der Waals surface area (Å²) < 4.78 is 6.04. The summed E-state index contributed by atoms with van der Waals surface area (Å²) in [7, 11) is 0. The third-order valence-electron chi connectivity index (χ3n) is 2.85. The van der Waals surface area contributed by atoms with Crippen LogP contribution in [0.2, 0.25) is 0 Å². The molecule has 0 aliphatic heterocycles. The van der Waals surface area contributed by atoms with Crippen LogP contribution in [0, 0.1) is 0 Å². The van der Waals surface area contributed by atoms with Crippen molar-refractivity contribution in [2.45, 2.75) is 19.9 Å². The lowest BCUT2D eigenvalue weighted by Gasteiger charge is -2.06. The van der Waals surface area contributed by atoms with Gasteiger partial charge in [0.05, 0.1) is 6.61 Å². The van der Waals surface area contributed by atoms with Gasteiger partial charge in [-0.25, -0.2) is 9.48 Å². The maximum absolute atomic E-state index is 11.7. The summed E-state index contributed by atoms with van der Waals surface area (Å²) in [5.74, 6) is -0.502. The fourth-order valence-electron chi connectivity index (χ4n) is 1.88. The monoisotopic (exact) mass is 305 g/mol. The number of H-pyrrole nitrogens is 1. The number of aromatic amines is 1. The van der Waals surface area contributed by atoms with E-state index in [2.05, 4.69) is 10.1 Å². The van der Waals surface area contributed by atoms with Gasteiger partial charge in [0.2, 0.25) is 0 Å². The Balaban J connectivity index is 2.26. The summed E-state index contributed by atoms with van der Waals surface area (Å²) in [4.78, 5) is 35.9. The number of aliphatic carboxylic acids is 1.